The standard InChI is InChI=1S/C29H41N5O6S/c1-19(2)34-25-8-6-5-7-20(25)15-26(27(34)35)40-28(36)30-21-16-22-9-10-23(17-21)32(22)12-13-33(29(37)31(3)4)24-11-14-41(38,39)18-24/h5-8,15,19,21-24H,9-14,16-18H2,1-4H3,(H,30,36)/t21?,22-,23+,24?. The molecule has 3 amide bonds. The Morgan fingerprint density at radius 3 is 2.39 bits per heavy atom. The van der Waals surface area contributed by atoms with E-state index in [4.69, 9.17) is 4.74 Å². The summed E-state index contributed by atoms with van der Waals surface area (Å²) in [6.07, 6.45) is 3.35. The quantitative estimate of drug-likeness (QED) is 0.529. The smallest absolute Gasteiger partial charge is 0.404 e. The fourth-order valence-electron chi connectivity index (χ4n) is 6.83. The Morgan fingerprint density at radius 2 is 1.78 bits per heavy atom. The molecule has 4 heterocycles. The zero-order valence-electron chi connectivity index (χ0n) is 24.3. The molecule has 3 saturated heterocycles. The first-order valence-electron chi connectivity index (χ1n) is 14.5. The fraction of sp³-hybridized carbons (Fsp3) is 0.621. The molecule has 224 valence electrons. The number of urea groups is 1. The number of piperidine rings is 1. The van der Waals surface area contributed by atoms with Crippen molar-refractivity contribution in [2.75, 3.05) is 38.7 Å². The largest absolute Gasteiger partial charge is 0.413 e. The van der Waals surface area contributed by atoms with Crippen LogP contribution in [0.1, 0.15) is 52.0 Å². The third-order valence-corrected chi connectivity index (χ3v) is 10.5. The van der Waals surface area contributed by atoms with Crippen molar-refractivity contribution in [3.8, 4) is 5.75 Å². The number of benzene rings is 1. The van der Waals surface area contributed by atoms with Gasteiger partial charge >= 0.3 is 12.1 Å². The summed E-state index contributed by atoms with van der Waals surface area (Å²) in [4.78, 5) is 44.6. The number of para-hydroxylation sites is 1. The molecule has 3 aliphatic heterocycles. The Bertz CT molecular complexity index is 1460. The van der Waals surface area contributed by atoms with Crippen molar-refractivity contribution in [3.63, 3.8) is 0 Å². The first kappa shape index (κ1) is 29.4. The summed E-state index contributed by atoms with van der Waals surface area (Å²) in [6, 6.07) is 9.04. The second-order valence-electron chi connectivity index (χ2n) is 12.1. The lowest BCUT2D eigenvalue weighted by Gasteiger charge is -2.40. The molecule has 3 fully saturated rings. The number of hydrogen-bond donors (Lipinski definition) is 1. The van der Waals surface area contributed by atoms with Gasteiger partial charge in [-0.25, -0.2) is 18.0 Å². The predicted octanol–water partition coefficient (Wildman–Crippen LogP) is 2.84. The Balaban J connectivity index is 1.21. The number of amides is 3. The number of nitrogens with zero attached hydrogens (tertiary/aromatic N) is 4. The summed E-state index contributed by atoms with van der Waals surface area (Å²) >= 11 is 0. The van der Waals surface area contributed by atoms with E-state index >= 15 is 0 Å². The lowest BCUT2D eigenvalue weighted by atomic mass is 9.97. The number of pyridine rings is 1. The van der Waals surface area contributed by atoms with Crippen molar-refractivity contribution in [1.82, 2.24) is 24.6 Å². The van der Waals surface area contributed by atoms with Gasteiger partial charge in [-0.15, -0.1) is 0 Å². The molecular formula is C29H41N5O6S. The number of fused-ring (bicyclic) bond motifs is 3. The molecule has 5 rings (SSSR count). The van der Waals surface area contributed by atoms with Gasteiger partial charge in [-0.1, -0.05) is 18.2 Å². The molecule has 2 aromatic rings. The predicted molar refractivity (Wildman–Crippen MR) is 157 cm³/mol. The van der Waals surface area contributed by atoms with Gasteiger partial charge < -0.3 is 24.4 Å². The molecule has 0 saturated carbocycles. The van der Waals surface area contributed by atoms with Crippen LogP contribution in [0.5, 0.6) is 5.75 Å². The third-order valence-electron chi connectivity index (χ3n) is 8.71. The van der Waals surface area contributed by atoms with Crippen LogP contribution >= 0.6 is 0 Å². The Labute approximate surface area is 241 Å². The average Bonchev–Trinajstić information content (AvgIpc) is 3.38. The van der Waals surface area contributed by atoms with Crippen LogP contribution in [0.4, 0.5) is 9.59 Å². The van der Waals surface area contributed by atoms with Gasteiger partial charge in [0.1, 0.15) is 0 Å². The minimum Gasteiger partial charge on any atom is -0.404 e. The minimum absolute atomic E-state index is 0.00915. The third kappa shape index (κ3) is 6.23. The zero-order chi connectivity index (χ0) is 29.5. The van der Waals surface area contributed by atoms with Gasteiger partial charge in [0.25, 0.3) is 5.56 Å². The van der Waals surface area contributed by atoms with Crippen LogP contribution in [-0.4, -0.2) is 103 Å². The molecule has 2 bridgehead atoms. The molecule has 3 aliphatic rings. The van der Waals surface area contributed by atoms with Crippen LogP contribution in [-0.2, 0) is 9.84 Å². The highest BCUT2D eigenvalue weighted by molar-refractivity contribution is 7.91. The maximum Gasteiger partial charge on any atom is 0.413 e. The summed E-state index contributed by atoms with van der Waals surface area (Å²) < 4.78 is 31.4. The van der Waals surface area contributed by atoms with Crippen molar-refractivity contribution in [2.45, 2.75) is 76.2 Å². The number of carbonyl (C=O) groups excluding carboxylic acids is 2. The first-order chi connectivity index (χ1) is 19.4. The second kappa shape index (κ2) is 11.6. The van der Waals surface area contributed by atoms with Gasteiger partial charge in [0.05, 0.1) is 17.0 Å². The molecule has 0 aliphatic carbocycles. The van der Waals surface area contributed by atoms with Crippen molar-refractivity contribution in [1.29, 1.82) is 0 Å². The molecular weight excluding hydrogens is 546 g/mol. The molecule has 2 unspecified atom stereocenters. The highest BCUT2D eigenvalue weighted by Crippen LogP contribution is 2.36. The van der Waals surface area contributed by atoms with E-state index in [2.05, 4.69) is 10.2 Å². The molecule has 0 spiro atoms. The maximum atomic E-state index is 13.1. The number of rotatable bonds is 7. The van der Waals surface area contributed by atoms with E-state index in [1.165, 1.54) is 4.90 Å². The second-order valence-corrected chi connectivity index (χ2v) is 14.3. The minimum atomic E-state index is -3.11. The van der Waals surface area contributed by atoms with Gasteiger partial charge in [-0.2, -0.15) is 0 Å². The van der Waals surface area contributed by atoms with E-state index in [0.717, 1.165) is 36.6 Å². The van der Waals surface area contributed by atoms with Crippen molar-refractivity contribution < 1.29 is 22.7 Å². The van der Waals surface area contributed by atoms with Gasteiger partial charge in [0.2, 0.25) is 0 Å². The molecule has 1 N–H and O–H groups in total. The van der Waals surface area contributed by atoms with Gasteiger partial charge in [-0.05, 0) is 58.1 Å². The lowest BCUT2D eigenvalue weighted by Crippen LogP contribution is -2.54. The summed E-state index contributed by atoms with van der Waals surface area (Å²) in [5.74, 6) is 0.153. The number of nitrogens with one attached hydrogen (secondary N) is 1. The number of hydrogen-bond acceptors (Lipinski definition) is 7. The summed E-state index contributed by atoms with van der Waals surface area (Å²) in [6.45, 7) is 4.97. The monoisotopic (exact) mass is 587 g/mol. The van der Waals surface area contributed by atoms with E-state index in [0.29, 0.717) is 19.5 Å². The van der Waals surface area contributed by atoms with Crippen LogP contribution in [0.25, 0.3) is 10.9 Å². The molecule has 11 nitrogen and oxygen atoms in total. The first-order valence-corrected chi connectivity index (χ1v) is 16.3. The van der Waals surface area contributed by atoms with Crippen LogP contribution in [0.3, 0.4) is 0 Å². The molecule has 1 aromatic heterocycles. The van der Waals surface area contributed by atoms with Crippen molar-refractivity contribution in [2.24, 2.45) is 0 Å². The molecule has 0 radical (unpaired) electrons. The highest BCUT2D eigenvalue weighted by Gasteiger charge is 2.42. The van der Waals surface area contributed by atoms with Gasteiger partial charge in [0, 0.05) is 62.8 Å². The lowest BCUT2D eigenvalue weighted by molar-refractivity contribution is 0.0921. The Hall–Kier alpha value is -3.12. The van der Waals surface area contributed by atoms with E-state index in [1.54, 1.807) is 29.6 Å². The number of carbonyl (C=O) groups is 2. The summed E-state index contributed by atoms with van der Waals surface area (Å²) in [7, 11) is 0.265. The van der Waals surface area contributed by atoms with E-state index < -0.39 is 15.9 Å². The van der Waals surface area contributed by atoms with Crippen LogP contribution < -0.4 is 15.6 Å². The number of ether oxygens (including phenoxy) is 1. The van der Waals surface area contributed by atoms with E-state index in [9.17, 15) is 22.8 Å². The molecule has 41 heavy (non-hydrogen) atoms. The van der Waals surface area contributed by atoms with E-state index in [-0.39, 0.29) is 59.1 Å². The van der Waals surface area contributed by atoms with E-state index in [1.807, 2.05) is 38.1 Å². The number of aromatic nitrogens is 1. The number of sulfone groups is 1. The normalized spacial score (nSPS) is 25.4. The summed E-state index contributed by atoms with van der Waals surface area (Å²) in [5, 5.41) is 3.82. The topological polar surface area (TPSA) is 121 Å². The Kier molecular flexibility index (Phi) is 8.34. The Morgan fingerprint density at radius 1 is 1.10 bits per heavy atom. The van der Waals surface area contributed by atoms with Crippen LogP contribution in [0.2, 0.25) is 0 Å². The average molecular weight is 588 g/mol. The van der Waals surface area contributed by atoms with Gasteiger partial charge in [-0.3, -0.25) is 9.69 Å². The SMILES string of the molecule is CC(C)n1c(=O)c(OC(=O)NC2C[C@H]3CC[C@@H](C2)N3CCN(C(=O)N(C)C)C2CCS(=O)(=O)C2)cc2ccccc21. The fourth-order valence-corrected chi connectivity index (χ4v) is 8.57. The van der Waals surface area contributed by atoms with Crippen molar-refractivity contribution >= 4 is 32.9 Å². The highest BCUT2D eigenvalue weighted by atomic mass is 32.2. The molecule has 4 atom stereocenters. The van der Waals surface area contributed by atoms with Crippen LogP contribution in [0.15, 0.2) is 35.1 Å². The molecule has 1 aromatic carbocycles. The summed E-state index contributed by atoms with van der Waals surface area (Å²) in [5.41, 5.74) is 0.459. The van der Waals surface area contributed by atoms with Crippen molar-refractivity contribution in [3.05, 3.63) is 40.7 Å². The zero-order valence-corrected chi connectivity index (χ0v) is 25.1. The van der Waals surface area contributed by atoms with Crippen LogP contribution in [0, 0.1) is 0 Å². The maximum absolute atomic E-state index is 13.1. The van der Waals surface area contributed by atoms with Gasteiger partial charge in [0.15, 0.2) is 15.6 Å². The molecule has 12 heteroatoms.